The van der Waals surface area contributed by atoms with Gasteiger partial charge in [-0.3, -0.25) is 0 Å². The standard InChI is InChI=1S/C29H59NS2/c1-3-5-7-9-11-13-15-16-17-18-20-22-24-26-28-30(29(31)32)27-25-23-21-19-14-12-10-8-6-4-2/h3-28H2,1-2H3,(H,31,32). The Balaban J connectivity index is 3.41. The lowest BCUT2D eigenvalue weighted by Crippen LogP contribution is -2.28. The van der Waals surface area contributed by atoms with E-state index in [-0.39, 0.29) is 0 Å². The highest BCUT2D eigenvalue weighted by atomic mass is 32.1. The molecular weight excluding hydrogens is 426 g/mol. The van der Waals surface area contributed by atoms with Crippen molar-refractivity contribution in [2.24, 2.45) is 0 Å². The van der Waals surface area contributed by atoms with Gasteiger partial charge in [0.05, 0.1) is 0 Å². The predicted octanol–water partition coefficient (Wildman–Crippen LogP) is 10.9. The summed E-state index contributed by atoms with van der Waals surface area (Å²) in [5.41, 5.74) is 0. The monoisotopic (exact) mass is 485 g/mol. The maximum absolute atomic E-state index is 5.38. The van der Waals surface area contributed by atoms with Crippen LogP contribution < -0.4 is 0 Å². The number of nitrogens with zero attached hydrogens (tertiary/aromatic N) is 1. The first-order valence-corrected chi connectivity index (χ1v) is 15.6. The van der Waals surface area contributed by atoms with Crippen molar-refractivity contribution in [2.45, 2.75) is 168 Å². The molecule has 0 saturated heterocycles. The number of unbranched alkanes of at least 4 members (excludes halogenated alkanes) is 22. The highest BCUT2D eigenvalue weighted by Crippen LogP contribution is 2.14. The van der Waals surface area contributed by atoms with Gasteiger partial charge >= 0.3 is 0 Å². The molecule has 0 fully saturated rings. The molecule has 0 amide bonds. The van der Waals surface area contributed by atoms with Gasteiger partial charge in [0.25, 0.3) is 0 Å². The van der Waals surface area contributed by atoms with Crippen molar-refractivity contribution in [1.29, 1.82) is 0 Å². The van der Waals surface area contributed by atoms with Crippen LogP contribution in [0.15, 0.2) is 0 Å². The van der Waals surface area contributed by atoms with Crippen LogP contribution in [0.2, 0.25) is 0 Å². The Labute approximate surface area is 214 Å². The summed E-state index contributed by atoms with van der Waals surface area (Å²) >= 11 is 9.85. The molecule has 0 unspecified atom stereocenters. The van der Waals surface area contributed by atoms with E-state index >= 15 is 0 Å². The summed E-state index contributed by atoms with van der Waals surface area (Å²) in [6.07, 6.45) is 33.8. The third kappa shape index (κ3) is 24.9. The van der Waals surface area contributed by atoms with Crippen LogP contribution in [0, 0.1) is 0 Å². The minimum absolute atomic E-state index is 0.801. The molecule has 0 radical (unpaired) electrons. The van der Waals surface area contributed by atoms with Crippen LogP contribution in [0.25, 0.3) is 0 Å². The van der Waals surface area contributed by atoms with Gasteiger partial charge in [-0.2, -0.15) is 0 Å². The zero-order chi connectivity index (χ0) is 23.5. The van der Waals surface area contributed by atoms with E-state index in [9.17, 15) is 0 Å². The van der Waals surface area contributed by atoms with Crippen molar-refractivity contribution in [3.05, 3.63) is 0 Å². The van der Waals surface area contributed by atoms with Crippen molar-refractivity contribution < 1.29 is 0 Å². The van der Waals surface area contributed by atoms with Gasteiger partial charge in [0, 0.05) is 13.1 Å². The molecule has 0 aromatic carbocycles. The van der Waals surface area contributed by atoms with Crippen molar-refractivity contribution in [3.8, 4) is 0 Å². The Morgan fingerprint density at radius 2 is 0.656 bits per heavy atom. The zero-order valence-electron chi connectivity index (χ0n) is 22.2. The van der Waals surface area contributed by atoms with Gasteiger partial charge in [-0.15, -0.1) is 12.6 Å². The Kier molecular flexibility index (Phi) is 27.7. The second-order valence-corrected chi connectivity index (χ2v) is 11.2. The SMILES string of the molecule is CCCCCCCCCCCCCCCCN(CCCCCCCCCCCC)C(=S)S. The Morgan fingerprint density at radius 1 is 0.438 bits per heavy atom. The maximum atomic E-state index is 5.38. The number of thiol groups is 1. The van der Waals surface area contributed by atoms with Crippen molar-refractivity contribution in [2.75, 3.05) is 13.1 Å². The number of hydrogen-bond donors (Lipinski definition) is 1. The van der Waals surface area contributed by atoms with E-state index in [2.05, 4.69) is 31.4 Å². The minimum Gasteiger partial charge on any atom is -0.358 e. The Bertz CT molecular complexity index is 372. The molecule has 1 nitrogen and oxygen atoms in total. The second kappa shape index (κ2) is 27.5. The average molecular weight is 486 g/mol. The lowest BCUT2D eigenvalue weighted by Gasteiger charge is -2.22. The Hall–Kier alpha value is 0.240. The average Bonchev–Trinajstić information content (AvgIpc) is 2.78. The first kappa shape index (κ1) is 32.2. The van der Waals surface area contributed by atoms with E-state index in [1.54, 1.807) is 0 Å². The Morgan fingerprint density at radius 3 is 0.875 bits per heavy atom. The summed E-state index contributed by atoms with van der Waals surface area (Å²) in [5.74, 6) is 0. The minimum atomic E-state index is 0.801. The smallest absolute Gasteiger partial charge is 0.133 e. The molecule has 3 heteroatoms. The molecule has 192 valence electrons. The highest BCUT2D eigenvalue weighted by Gasteiger charge is 2.05. The molecule has 0 bridgehead atoms. The summed E-state index contributed by atoms with van der Waals surface area (Å²) in [4.78, 5) is 2.34. The highest BCUT2D eigenvalue weighted by molar-refractivity contribution is 8.10. The molecule has 0 rings (SSSR count). The predicted molar refractivity (Wildman–Crippen MR) is 155 cm³/mol. The first-order chi connectivity index (χ1) is 15.7. The lowest BCUT2D eigenvalue weighted by atomic mass is 10.0. The zero-order valence-corrected chi connectivity index (χ0v) is 23.9. The third-order valence-corrected chi connectivity index (χ3v) is 7.37. The van der Waals surface area contributed by atoms with E-state index < -0.39 is 0 Å². The van der Waals surface area contributed by atoms with Crippen LogP contribution in [-0.4, -0.2) is 22.3 Å². The van der Waals surface area contributed by atoms with E-state index in [1.807, 2.05) is 0 Å². The van der Waals surface area contributed by atoms with Crippen LogP contribution in [0.1, 0.15) is 168 Å². The van der Waals surface area contributed by atoms with Crippen molar-refractivity contribution >= 4 is 29.2 Å². The first-order valence-electron chi connectivity index (χ1n) is 14.7. The van der Waals surface area contributed by atoms with E-state index in [4.69, 9.17) is 12.2 Å². The molecule has 0 aliphatic carbocycles. The van der Waals surface area contributed by atoms with Crippen LogP contribution in [-0.2, 0) is 0 Å². The number of hydrogen-bond acceptors (Lipinski definition) is 1. The van der Waals surface area contributed by atoms with Crippen molar-refractivity contribution in [1.82, 2.24) is 4.90 Å². The molecule has 0 aromatic rings. The molecule has 0 aliphatic rings. The fourth-order valence-electron chi connectivity index (χ4n) is 4.59. The molecule has 0 atom stereocenters. The topological polar surface area (TPSA) is 3.24 Å². The van der Waals surface area contributed by atoms with Gasteiger partial charge in [-0.1, -0.05) is 167 Å². The van der Waals surface area contributed by atoms with Gasteiger partial charge in [0.1, 0.15) is 4.32 Å². The van der Waals surface area contributed by atoms with E-state index in [0.717, 1.165) is 17.4 Å². The van der Waals surface area contributed by atoms with Crippen LogP contribution in [0.5, 0.6) is 0 Å². The lowest BCUT2D eigenvalue weighted by molar-refractivity contribution is 0.394. The largest absolute Gasteiger partial charge is 0.358 e. The number of rotatable bonds is 26. The van der Waals surface area contributed by atoms with Gasteiger partial charge in [0.15, 0.2) is 0 Å². The number of thiocarbonyl (C=S) groups is 1. The molecule has 0 spiro atoms. The quantitative estimate of drug-likeness (QED) is 0.0737. The second-order valence-electron chi connectivity index (χ2n) is 10.0. The van der Waals surface area contributed by atoms with Gasteiger partial charge < -0.3 is 4.90 Å². The van der Waals surface area contributed by atoms with E-state index in [1.165, 1.54) is 154 Å². The van der Waals surface area contributed by atoms with Gasteiger partial charge in [-0.05, 0) is 12.8 Å². The van der Waals surface area contributed by atoms with Gasteiger partial charge in [-0.25, -0.2) is 0 Å². The summed E-state index contributed by atoms with van der Waals surface area (Å²) in [7, 11) is 0. The van der Waals surface area contributed by atoms with Crippen molar-refractivity contribution in [3.63, 3.8) is 0 Å². The van der Waals surface area contributed by atoms with Crippen LogP contribution in [0.3, 0.4) is 0 Å². The molecule has 0 heterocycles. The summed E-state index contributed by atoms with van der Waals surface area (Å²) < 4.78 is 0.801. The molecule has 0 aliphatic heterocycles. The molecule has 0 saturated carbocycles. The summed E-state index contributed by atoms with van der Waals surface area (Å²) in [5, 5.41) is 0. The fraction of sp³-hybridized carbons (Fsp3) is 0.966. The molecular formula is C29H59NS2. The third-order valence-electron chi connectivity index (χ3n) is 6.83. The summed E-state index contributed by atoms with van der Waals surface area (Å²) in [6, 6.07) is 0. The maximum Gasteiger partial charge on any atom is 0.133 e. The van der Waals surface area contributed by atoms with Crippen LogP contribution in [0.4, 0.5) is 0 Å². The van der Waals surface area contributed by atoms with E-state index in [0.29, 0.717) is 0 Å². The summed E-state index contributed by atoms with van der Waals surface area (Å²) in [6.45, 7) is 6.80. The normalized spacial score (nSPS) is 11.2. The fourth-order valence-corrected chi connectivity index (χ4v) is 4.97. The molecule has 32 heavy (non-hydrogen) atoms. The molecule has 0 N–H and O–H groups in total. The molecule has 0 aromatic heterocycles. The van der Waals surface area contributed by atoms with Crippen LogP contribution >= 0.6 is 24.8 Å². The van der Waals surface area contributed by atoms with Gasteiger partial charge in [0.2, 0.25) is 0 Å².